The van der Waals surface area contributed by atoms with Gasteiger partial charge < -0.3 is 10.1 Å². The van der Waals surface area contributed by atoms with E-state index in [0.29, 0.717) is 5.69 Å². The van der Waals surface area contributed by atoms with Gasteiger partial charge in [-0.1, -0.05) is 29.5 Å². The van der Waals surface area contributed by atoms with Crippen molar-refractivity contribution in [2.75, 3.05) is 17.7 Å². The molecule has 0 saturated heterocycles. The molecular weight excluding hydrogens is 382 g/mol. The maximum atomic E-state index is 12.0. The summed E-state index contributed by atoms with van der Waals surface area (Å²) < 4.78 is 5.06. The van der Waals surface area contributed by atoms with Gasteiger partial charge in [0.1, 0.15) is 16.2 Å². The maximum Gasteiger partial charge on any atom is 0.316 e. The number of fused-ring (bicyclic) bond motifs is 1. The average Bonchev–Trinajstić information content (AvgIpc) is 2.95. The second kappa shape index (κ2) is 8.49. The first-order chi connectivity index (χ1) is 12.9. The monoisotopic (exact) mass is 401 g/mol. The quantitative estimate of drug-likeness (QED) is 0.383. The van der Waals surface area contributed by atoms with Gasteiger partial charge in [0, 0.05) is 16.0 Å². The number of hydrogen-bond donors (Lipinski definition) is 1. The normalized spacial score (nSPS) is 10.8. The van der Waals surface area contributed by atoms with Crippen molar-refractivity contribution in [2.24, 2.45) is 0 Å². The SMILES string of the molecule is Cc1ccc(NC(=O)COC(=O)CSc2ncnc3sc(C)c(C)c23)cc1. The van der Waals surface area contributed by atoms with Crippen LogP contribution in [0.4, 0.5) is 5.69 Å². The number of thioether (sulfide) groups is 1. The first-order valence-corrected chi connectivity index (χ1v) is 10.1. The topological polar surface area (TPSA) is 81.2 Å². The van der Waals surface area contributed by atoms with E-state index in [9.17, 15) is 9.59 Å². The number of carbonyl (C=O) groups excluding carboxylic acids is 2. The predicted octanol–water partition coefficient (Wildman–Crippen LogP) is 3.89. The molecule has 3 aromatic rings. The number of hydrogen-bond acceptors (Lipinski definition) is 7. The number of aromatic nitrogens is 2. The van der Waals surface area contributed by atoms with E-state index in [-0.39, 0.29) is 18.3 Å². The van der Waals surface area contributed by atoms with E-state index in [1.54, 1.807) is 23.5 Å². The fourth-order valence-corrected chi connectivity index (χ4v) is 4.32. The van der Waals surface area contributed by atoms with Gasteiger partial charge in [0.05, 0.1) is 5.75 Å². The van der Waals surface area contributed by atoms with Crippen molar-refractivity contribution in [1.82, 2.24) is 9.97 Å². The van der Waals surface area contributed by atoms with Gasteiger partial charge in [-0.2, -0.15) is 0 Å². The predicted molar refractivity (Wildman–Crippen MR) is 108 cm³/mol. The summed E-state index contributed by atoms with van der Waals surface area (Å²) >= 11 is 2.90. The van der Waals surface area contributed by atoms with Crippen molar-refractivity contribution < 1.29 is 14.3 Å². The highest BCUT2D eigenvalue weighted by atomic mass is 32.2. The average molecular weight is 402 g/mol. The zero-order valence-corrected chi connectivity index (χ0v) is 16.9. The number of nitrogens with one attached hydrogen (secondary N) is 1. The van der Waals surface area contributed by atoms with Gasteiger partial charge in [-0.3, -0.25) is 9.59 Å². The number of nitrogens with zero attached hydrogens (tertiary/aromatic N) is 2. The third-order valence-electron chi connectivity index (χ3n) is 3.96. The lowest BCUT2D eigenvalue weighted by Crippen LogP contribution is -2.21. The molecule has 2 heterocycles. The molecule has 0 fully saturated rings. The second-order valence-electron chi connectivity index (χ2n) is 6.01. The zero-order chi connectivity index (χ0) is 19.4. The van der Waals surface area contributed by atoms with Crippen molar-refractivity contribution in [3.63, 3.8) is 0 Å². The molecule has 2 aromatic heterocycles. The summed E-state index contributed by atoms with van der Waals surface area (Å²) in [5, 5.41) is 4.42. The maximum absolute atomic E-state index is 12.0. The summed E-state index contributed by atoms with van der Waals surface area (Å²) in [6.07, 6.45) is 1.50. The highest BCUT2D eigenvalue weighted by Gasteiger charge is 2.15. The van der Waals surface area contributed by atoms with Crippen LogP contribution >= 0.6 is 23.1 Å². The number of amides is 1. The Morgan fingerprint density at radius 2 is 1.89 bits per heavy atom. The summed E-state index contributed by atoms with van der Waals surface area (Å²) in [4.78, 5) is 34.5. The Morgan fingerprint density at radius 3 is 2.63 bits per heavy atom. The molecule has 8 heteroatoms. The Balaban J connectivity index is 1.51. The van der Waals surface area contributed by atoms with Gasteiger partial charge in [0.2, 0.25) is 0 Å². The van der Waals surface area contributed by atoms with Gasteiger partial charge in [0.25, 0.3) is 5.91 Å². The van der Waals surface area contributed by atoms with Gasteiger partial charge in [-0.25, -0.2) is 9.97 Å². The summed E-state index contributed by atoms with van der Waals surface area (Å²) in [5.74, 6) is -0.750. The Labute approximate surface area is 165 Å². The number of esters is 1. The van der Waals surface area contributed by atoms with Gasteiger partial charge >= 0.3 is 5.97 Å². The molecule has 0 atom stereocenters. The summed E-state index contributed by atoms with van der Waals surface area (Å²) in [6.45, 7) is 5.71. The van der Waals surface area contributed by atoms with E-state index in [1.165, 1.54) is 23.0 Å². The first kappa shape index (κ1) is 19.3. The minimum Gasteiger partial charge on any atom is -0.455 e. The number of anilines is 1. The minimum absolute atomic E-state index is 0.0816. The molecule has 0 aliphatic carbocycles. The molecule has 6 nitrogen and oxygen atoms in total. The van der Waals surface area contributed by atoms with Crippen molar-refractivity contribution in [2.45, 2.75) is 25.8 Å². The lowest BCUT2D eigenvalue weighted by atomic mass is 10.2. The lowest BCUT2D eigenvalue weighted by molar-refractivity contribution is -0.144. The third kappa shape index (κ3) is 4.84. The molecule has 1 amide bonds. The van der Waals surface area contributed by atoms with Crippen LogP contribution in [0.5, 0.6) is 0 Å². The zero-order valence-electron chi connectivity index (χ0n) is 15.2. The molecule has 0 radical (unpaired) electrons. The van der Waals surface area contributed by atoms with E-state index < -0.39 is 5.97 Å². The first-order valence-electron chi connectivity index (χ1n) is 8.29. The number of benzene rings is 1. The number of thiophene rings is 1. The molecule has 1 aromatic carbocycles. The summed E-state index contributed by atoms with van der Waals surface area (Å²) in [5.41, 5.74) is 2.90. The second-order valence-corrected chi connectivity index (χ2v) is 8.17. The standard InChI is InChI=1S/C19H19N3O3S2/c1-11-4-6-14(7-5-11)22-15(23)8-25-16(24)9-26-18-17-12(2)13(3)27-19(17)21-10-20-18/h4-7,10H,8-9H2,1-3H3,(H,22,23). The number of rotatable bonds is 6. The number of aryl methyl sites for hydroxylation is 3. The molecule has 0 saturated carbocycles. The molecule has 0 aliphatic rings. The van der Waals surface area contributed by atoms with E-state index in [1.807, 2.05) is 32.9 Å². The van der Waals surface area contributed by atoms with Crippen LogP contribution in [0, 0.1) is 20.8 Å². The Hall–Kier alpha value is -2.45. The molecule has 140 valence electrons. The highest BCUT2D eigenvalue weighted by Crippen LogP contribution is 2.34. The van der Waals surface area contributed by atoms with Crippen LogP contribution in [-0.2, 0) is 14.3 Å². The van der Waals surface area contributed by atoms with Gasteiger partial charge in [-0.15, -0.1) is 11.3 Å². The van der Waals surface area contributed by atoms with Crippen LogP contribution < -0.4 is 5.32 Å². The van der Waals surface area contributed by atoms with E-state index >= 15 is 0 Å². The van der Waals surface area contributed by atoms with Crippen molar-refractivity contribution in [3.05, 3.63) is 46.6 Å². The Kier molecular flexibility index (Phi) is 6.08. The molecule has 0 aliphatic heterocycles. The smallest absolute Gasteiger partial charge is 0.316 e. The van der Waals surface area contributed by atoms with Crippen LogP contribution in [0.1, 0.15) is 16.0 Å². The molecule has 27 heavy (non-hydrogen) atoms. The molecular formula is C19H19N3O3S2. The van der Waals surface area contributed by atoms with E-state index in [0.717, 1.165) is 26.4 Å². The number of ether oxygens (including phenoxy) is 1. The molecule has 0 unspecified atom stereocenters. The van der Waals surface area contributed by atoms with Crippen molar-refractivity contribution in [1.29, 1.82) is 0 Å². The fraction of sp³-hybridized carbons (Fsp3) is 0.263. The van der Waals surface area contributed by atoms with Crippen LogP contribution in [0.2, 0.25) is 0 Å². The van der Waals surface area contributed by atoms with Crippen LogP contribution in [0.25, 0.3) is 10.2 Å². The Bertz CT molecular complexity index is 984. The Morgan fingerprint density at radius 1 is 1.15 bits per heavy atom. The minimum atomic E-state index is -0.463. The van der Waals surface area contributed by atoms with Gasteiger partial charge in [-0.05, 0) is 38.5 Å². The third-order valence-corrected chi connectivity index (χ3v) is 6.04. The largest absolute Gasteiger partial charge is 0.455 e. The summed E-state index contributed by atoms with van der Waals surface area (Å²) in [6, 6.07) is 7.40. The molecule has 0 spiro atoms. The fourth-order valence-electron chi connectivity index (χ4n) is 2.41. The highest BCUT2D eigenvalue weighted by molar-refractivity contribution is 8.00. The molecule has 0 bridgehead atoms. The van der Waals surface area contributed by atoms with E-state index in [2.05, 4.69) is 15.3 Å². The van der Waals surface area contributed by atoms with Crippen LogP contribution in [0.15, 0.2) is 35.6 Å². The van der Waals surface area contributed by atoms with Crippen LogP contribution in [-0.4, -0.2) is 34.2 Å². The summed E-state index contributed by atoms with van der Waals surface area (Å²) in [7, 11) is 0. The van der Waals surface area contributed by atoms with Crippen molar-refractivity contribution >= 4 is 50.9 Å². The lowest BCUT2D eigenvalue weighted by Gasteiger charge is -2.07. The number of carbonyl (C=O) groups is 2. The van der Waals surface area contributed by atoms with Crippen LogP contribution in [0.3, 0.4) is 0 Å². The molecule has 3 rings (SSSR count). The van der Waals surface area contributed by atoms with Crippen molar-refractivity contribution in [3.8, 4) is 0 Å². The molecule has 1 N–H and O–H groups in total. The van der Waals surface area contributed by atoms with E-state index in [4.69, 9.17) is 4.74 Å². The van der Waals surface area contributed by atoms with Gasteiger partial charge in [0.15, 0.2) is 6.61 Å².